The molecule has 1 aromatic carbocycles. The molecule has 0 saturated carbocycles. The number of amides is 2. The summed E-state index contributed by atoms with van der Waals surface area (Å²) in [6.45, 7) is 6.59. The smallest absolute Gasteiger partial charge is 0.421 e. The SMILES string of the molecule is CC(=O)N(C(=O)OC(C)(C)C)c1ccc(Br)cc1. The van der Waals surface area contributed by atoms with Crippen LogP contribution in [0.25, 0.3) is 0 Å². The molecule has 0 aliphatic heterocycles. The van der Waals surface area contributed by atoms with Gasteiger partial charge >= 0.3 is 6.09 Å². The first-order chi connectivity index (χ1) is 8.20. The largest absolute Gasteiger partial charge is 0.443 e. The number of hydrogen-bond donors (Lipinski definition) is 0. The number of imide groups is 1. The number of anilines is 1. The highest BCUT2D eigenvalue weighted by Crippen LogP contribution is 2.21. The number of carbonyl (C=O) groups is 2. The quantitative estimate of drug-likeness (QED) is 0.793. The van der Waals surface area contributed by atoms with Crippen molar-refractivity contribution in [3.63, 3.8) is 0 Å². The van der Waals surface area contributed by atoms with Gasteiger partial charge in [0.05, 0.1) is 5.69 Å². The van der Waals surface area contributed by atoms with E-state index in [1.54, 1.807) is 45.0 Å². The Kier molecular flexibility index (Phi) is 4.51. The molecule has 2 amide bonds. The molecule has 1 aromatic rings. The maximum Gasteiger partial charge on any atom is 0.421 e. The summed E-state index contributed by atoms with van der Waals surface area (Å²) < 4.78 is 6.07. The molecule has 98 valence electrons. The Hall–Kier alpha value is -1.36. The maximum absolute atomic E-state index is 12.0. The summed E-state index contributed by atoms with van der Waals surface area (Å²) in [6.07, 6.45) is -0.669. The van der Waals surface area contributed by atoms with E-state index in [4.69, 9.17) is 4.74 Å². The Bertz CT molecular complexity index is 448. The van der Waals surface area contributed by atoms with Crippen LogP contribution >= 0.6 is 15.9 Å². The monoisotopic (exact) mass is 313 g/mol. The first kappa shape index (κ1) is 14.7. The van der Waals surface area contributed by atoms with E-state index in [-0.39, 0.29) is 5.91 Å². The zero-order valence-corrected chi connectivity index (χ0v) is 12.4. The lowest BCUT2D eigenvalue weighted by Gasteiger charge is -2.25. The molecule has 5 heteroatoms. The van der Waals surface area contributed by atoms with Gasteiger partial charge in [-0.2, -0.15) is 0 Å². The summed E-state index contributed by atoms with van der Waals surface area (Å²) >= 11 is 3.30. The van der Waals surface area contributed by atoms with Crippen LogP contribution in [-0.4, -0.2) is 17.6 Å². The third-order valence-corrected chi connectivity index (χ3v) is 2.50. The number of rotatable bonds is 1. The van der Waals surface area contributed by atoms with E-state index >= 15 is 0 Å². The van der Waals surface area contributed by atoms with E-state index in [0.717, 1.165) is 9.37 Å². The highest BCUT2D eigenvalue weighted by atomic mass is 79.9. The third kappa shape index (κ3) is 4.14. The molecule has 0 aliphatic carbocycles. The maximum atomic E-state index is 12.0. The molecule has 0 bridgehead atoms. The average Bonchev–Trinajstić information content (AvgIpc) is 2.18. The summed E-state index contributed by atoms with van der Waals surface area (Å²) in [5.74, 6) is -0.383. The van der Waals surface area contributed by atoms with Gasteiger partial charge < -0.3 is 4.74 Å². The second-order valence-electron chi connectivity index (χ2n) is 4.81. The van der Waals surface area contributed by atoms with Crippen molar-refractivity contribution in [1.82, 2.24) is 0 Å². The molecule has 0 fully saturated rings. The Balaban J connectivity index is 3.00. The Morgan fingerprint density at radius 1 is 1.17 bits per heavy atom. The fraction of sp³-hybridized carbons (Fsp3) is 0.385. The number of hydrogen-bond acceptors (Lipinski definition) is 3. The zero-order chi connectivity index (χ0) is 13.9. The van der Waals surface area contributed by atoms with Gasteiger partial charge in [-0.05, 0) is 45.0 Å². The minimum Gasteiger partial charge on any atom is -0.443 e. The van der Waals surface area contributed by atoms with Crippen LogP contribution in [0.3, 0.4) is 0 Å². The number of benzene rings is 1. The molecule has 0 unspecified atom stereocenters. The number of ether oxygens (including phenoxy) is 1. The van der Waals surface area contributed by atoms with Gasteiger partial charge in [-0.3, -0.25) is 4.79 Å². The van der Waals surface area contributed by atoms with Crippen LogP contribution in [0.4, 0.5) is 10.5 Å². The minimum atomic E-state index is -0.669. The lowest BCUT2D eigenvalue weighted by Crippen LogP contribution is -2.39. The van der Waals surface area contributed by atoms with Gasteiger partial charge in [-0.25, -0.2) is 9.69 Å². The lowest BCUT2D eigenvalue weighted by molar-refractivity contribution is -0.116. The van der Waals surface area contributed by atoms with Gasteiger partial charge in [0, 0.05) is 11.4 Å². The van der Waals surface area contributed by atoms with Gasteiger partial charge in [-0.15, -0.1) is 0 Å². The van der Waals surface area contributed by atoms with Crippen molar-refractivity contribution in [2.45, 2.75) is 33.3 Å². The van der Waals surface area contributed by atoms with Gasteiger partial charge in [0.1, 0.15) is 5.60 Å². The van der Waals surface area contributed by atoms with Crippen LogP contribution < -0.4 is 4.90 Å². The number of nitrogens with zero attached hydrogens (tertiary/aromatic N) is 1. The molecule has 0 N–H and O–H groups in total. The van der Waals surface area contributed by atoms with Crippen LogP contribution in [0.15, 0.2) is 28.7 Å². The molecule has 18 heavy (non-hydrogen) atoms. The predicted octanol–water partition coefficient (Wildman–Crippen LogP) is 3.74. The molecule has 0 radical (unpaired) electrons. The highest BCUT2D eigenvalue weighted by molar-refractivity contribution is 9.10. The van der Waals surface area contributed by atoms with Gasteiger partial charge in [0.15, 0.2) is 0 Å². The normalized spacial score (nSPS) is 10.9. The number of carbonyl (C=O) groups excluding carboxylic acids is 2. The van der Waals surface area contributed by atoms with E-state index in [1.165, 1.54) is 6.92 Å². The molecule has 4 nitrogen and oxygen atoms in total. The summed E-state index contributed by atoms with van der Waals surface area (Å²) in [6, 6.07) is 6.87. The zero-order valence-electron chi connectivity index (χ0n) is 10.9. The molecule has 0 heterocycles. The summed E-state index contributed by atoms with van der Waals surface area (Å²) in [4.78, 5) is 24.5. The second kappa shape index (κ2) is 5.52. The molecule has 0 aromatic heterocycles. The molecule has 0 saturated heterocycles. The van der Waals surface area contributed by atoms with Crippen molar-refractivity contribution in [3.05, 3.63) is 28.7 Å². The predicted molar refractivity (Wildman–Crippen MR) is 73.5 cm³/mol. The van der Waals surface area contributed by atoms with E-state index < -0.39 is 11.7 Å². The van der Waals surface area contributed by atoms with Crippen molar-refractivity contribution < 1.29 is 14.3 Å². The van der Waals surface area contributed by atoms with E-state index in [0.29, 0.717) is 5.69 Å². The Morgan fingerprint density at radius 2 is 1.67 bits per heavy atom. The van der Waals surface area contributed by atoms with Crippen molar-refractivity contribution in [1.29, 1.82) is 0 Å². The minimum absolute atomic E-state index is 0.383. The van der Waals surface area contributed by atoms with Crippen LogP contribution in [0.1, 0.15) is 27.7 Å². The van der Waals surface area contributed by atoms with Crippen molar-refractivity contribution in [3.8, 4) is 0 Å². The topological polar surface area (TPSA) is 46.6 Å². The summed E-state index contributed by atoms with van der Waals surface area (Å²) in [5, 5.41) is 0. The molecular formula is C13H16BrNO3. The molecule has 0 spiro atoms. The van der Waals surface area contributed by atoms with Crippen molar-refractivity contribution >= 4 is 33.6 Å². The van der Waals surface area contributed by atoms with Crippen LogP contribution in [-0.2, 0) is 9.53 Å². The molecular weight excluding hydrogens is 298 g/mol. The van der Waals surface area contributed by atoms with Crippen LogP contribution in [0.2, 0.25) is 0 Å². The van der Waals surface area contributed by atoms with Crippen LogP contribution in [0, 0.1) is 0 Å². The van der Waals surface area contributed by atoms with Gasteiger partial charge in [0.25, 0.3) is 0 Å². The van der Waals surface area contributed by atoms with Crippen molar-refractivity contribution in [2.24, 2.45) is 0 Å². The molecule has 1 rings (SSSR count). The fourth-order valence-corrected chi connectivity index (χ4v) is 1.58. The van der Waals surface area contributed by atoms with Crippen molar-refractivity contribution in [2.75, 3.05) is 4.90 Å². The first-order valence-corrected chi connectivity index (χ1v) is 6.29. The Morgan fingerprint density at radius 3 is 2.06 bits per heavy atom. The highest BCUT2D eigenvalue weighted by Gasteiger charge is 2.26. The molecule has 0 atom stereocenters. The van der Waals surface area contributed by atoms with Crippen LogP contribution in [0.5, 0.6) is 0 Å². The number of halogens is 1. The van der Waals surface area contributed by atoms with E-state index in [9.17, 15) is 9.59 Å². The third-order valence-electron chi connectivity index (χ3n) is 1.98. The first-order valence-electron chi connectivity index (χ1n) is 5.50. The second-order valence-corrected chi connectivity index (χ2v) is 5.73. The fourth-order valence-electron chi connectivity index (χ4n) is 1.31. The van der Waals surface area contributed by atoms with Gasteiger partial charge in [-0.1, -0.05) is 15.9 Å². The Labute approximate surface area is 115 Å². The van der Waals surface area contributed by atoms with Gasteiger partial charge in [0.2, 0.25) is 5.91 Å². The average molecular weight is 314 g/mol. The van der Waals surface area contributed by atoms with E-state index in [1.807, 2.05) is 0 Å². The molecule has 0 aliphatic rings. The van der Waals surface area contributed by atoms with E-state index in [2.05, 4.69) is 15.9 Å². The lowest BCUT2D eigenvalue weighted by atomic mass is 10.2. The standard InChI is InChI=1S/C13H16BrNO3/c1-9(16)15(12(17)18-13(2,3)4)11-7-5-10(14)6-8-11/h5-8H,1-4H3. The summed E-state index contributed by atoms with van der Waals surface area (Å²) in [5.41, 5.74) is -0.153. The summed E-state index contributed by atoms with van der Waals surface area (Å²) in [7, 11) is 0.